The number of amides is 2. The smallest absolute Gasteiger partial charge is 0.257 e. The van der Waals surface area contributed by atoms with E-state index in [0.29, 0.717) is 63.0 Å². The highest BCUT2D eigenvalue weighted by atomic mass is 32.2. The number of nitrogens with zero attached hydrogens (tertiary/aromatic N) is 4. The minimum atomic E-state index is -0.0572. The number of hydrogen-bond donors (Lipinski definition) is 1. The van der Waals surface area contributed by atoms with Crippen LogP contribution in [0.15, 0.2) is 28.6 Å². The Morgan fingerprint density at radius 1 is 1.19 bits per heavy atom. The van der Waals surface area contributed by atoms with Crippen LogP contribution in [0.3, 0.4) is 0 Å². The molecule has 3 rings (SSSR count). The summed E-state index contributed by atoms with van der Waals surface area (Å²) in [6, 6.07) is 7.35. The summed E-state index contributed by atoms with van der Waals surface area (Å²) in [6.45, 7) is 5.97. The Bertz CT molecular complexity index is 871. The van der Waals surface area contributed by atoms with Crippen molar-refractivity contribution in [3.63, 3.8) is 0 Å². The van der Waals surface area contributed by atoms with Crippen molar-refractivity contribution in [3.8, 4) is 5.75 Å². The van der Waals surface area contributed by atoms with E-state index in [2.05, 4.69) is 20.4 Å². The highest BCUT2D eigenvalue weighted by Crippen LogP contribution is 2.29. The van der Waals surface area contributed by atoms with Gasteiger partial charge in [-0.15, -0.1) is 10.2 Å². The maximum absolute atomic E-state index is 12.9. The number of anilines is 1. The van der Waals surface area contributed by atoms with Crippen LogP contribution >= 0.6 is 23.1 Å². The summed E-state index contributed by atoms with van der Waals surface area (Å²) in [4.78, 5) is 28.7. The summed E-state index contributed by atoms with van der Waals surface area (Å²) >= 11 is 2.83. The quantitative estimate of drug-likeness (QED) is 0.419. The van der Waals surface area contributed by atoms with Gasteiger partial charge in [0.05, 0.1) is 24.5 Å². The van der Waals surface area contributed by atoms with E-state index in [-0.39, 0.29) is 11.8 Å². The third kappa shape index (κ3) is 6.55. The van der Waals surface area contributed by atoms with E-state index in [4.69, 9.17) is 9.47 Å². The minimum absolute atomic E-state index is 0.0170. The molecular weight excluding hydrogens is 438 g/mol. The monoisotopic (exact) mass is 465 g/mol. The van der Waals surface area contributed by atoms with Crippen molar-refractivity contribution in [2.45, 2.75) is 11.3 Å². The number of benzene rings is 1. The predicted molar refractivity (Wildman–Crippen MR) is 121 cm³/mol. The van der Waals surface area contributed by atoms with Crippen LogP contribution in [0.1, 0.15) is 17.3 Å². The first-order valence-corrected chi connectivity index (χ1v) is 11.9. The van der Waals surface area contributed by atoms with Crippen molar-refractivity contribution < 1.29 is 19.1 Å². The lowest BCUT2D eigenvalue weighted by Crippen LogP contribution is -2.48. The Hall–Kier alpha value is -2.37. The van der Waals surface area contributed by atoms with Crippen LogP contribution in [0.4, 0.5) is 5.13 Å². The van der Waals surface area contributed by atoms with E-state index in [1.54, 1.807) is 13.2 Å². The molecular formula is C20H27N5O4S2. The van der Waals surface area contributed by atoms with Gasteiger partial charge >= 0.3 is 0 Å². The van der Waals surface area contributed by atoms with Crippen molar-refractivity contribution in [1.82, 2.24) is 20.4 Å². The molecule has 0 aliphatic carbocycles. The van der Waals surface area contributed by atoms with Gasteiger partial charge in [-0.2, -0.15) is 0 Å². The van der Waals surface area contributed by atoms with Gasteiger partial charge in [-0.3, -0.25) is 9.59 Å². The zero-order chi connectivity index (χ0) is 22.1. The van der Waals surface area contributed by atoms with E-state index < -0.39 is 0 Å². The number of aromatic nitrogens is 2. The molecule has 1 aliphatic heterocycles. The van der Waals surface area contributed by atoms with E-state index in [1.807, 2.05) is 30.0 Å². The van der Waals surface area contributed by atoms with Crippen LogP contribution in [0.2, 0.25) is 0 Å². The summed E-state index contributed by atoms with van der Waals surface area (Å²) in [5.41, 5.74) is 0.594. The van der Waals surface area contributed by atoms with Crippen molar-refractivity contribution in [1.29, 1.82) is 0 Å². The van der Waals surface area contributed by atoms with Gasteiger partial charge < -0.3 is 24.6 Å². The molecule has 0 radical (unpaired) electrons. The Balaban J connectivity index is 1.49. The van der Waals surface area contributed by atoms with Crippen molar-refractivity contribution >= 4 is 40.0 Å². The van der Waals surface area contributed by atoms with Gasteiger partial charge in [0.2, 0.25) is 11.0 Å². The number of carbonyl (C=O) groups is 2. The molecule has 31 heavy (non-hydrogen) atoms. The van der Waals surface area contributed by atoms with Crippen LogP contribution in [-0.4, -0.2) is 85.7 Å². The van der Waals surface area contributed by atoms with Gasteiger partial charge in [0.25, 0.3) is 5.91 Å². The summed E-state index contributed by atoms with van der Waals surface area (Å²) < 4.78 is 11.3. The fourth-order valence-electron chi connectivity index (χ4n) is 3.06. The van der Waals surface area contributed by atoms with Crippen molar-refractivity contribution in [2.24, 2.45) is 0 Å². The molecule has 1 fully saturated rings. The number of carbonyl (C=O) groups excluding carboxylic acids is 2. The normalized spacial score (nSPS) is 13.9. The van der Waals surface area contributed by atoms with Gasteiger partial charge in [-0.25, -0.2) is 0 Å². The first-order valence-electron chi connectivity index (χ1n) is 10.1. The van der Waals surface area contributed by atoms with Gasteiger partial charge in [-0.1, -0.05) is 35.2 Å². The predicted octanol–water partition coefficient (Wildman–Crippen LogP) is 1.75. The summed E-state index contributed by atoms with van der Waals surface area (Å²) in [6.07, 6.45) is 0. The number of rotatable bonds is 10. The third-order valence-electron chi connectivity index (χ3n) is 4.61. The van der Waals surface area contributed by atoms with E-state index in [9.17, 15) is 9.59 Å². The van der Waals surface area contributed by atoms with Gasteiger partial charge in [-0.05, 0) is 19.1 Å². The Morgan fingerprint density at radius 2 is 1.97 bits per heavy atom. The molecule has 9 nitrogen and oxygen atoms in total. The molecule has 2 aromatic rings. The number of piperazine rings is 1. The summed E-state index contributed by atoms with van der Waals surface area (Å²) in [5, 5.41) is 12.0. The molecule has 0 saturated carbocycles. The number of para-hydroxylation sites is 1. The number of thioether (sulfide) groups is 1. The molecule has 1 saturated heterocycles. The van der Waals surface area contributed by atoms with Crippen LogP contribution in [-0.2, 0) is 9.53 Å². The number of nitrogens with one attached hydrogen (secondary N) is 1. The third-order valence-corrected chi connectivity index (χ3v) is 6.72. The first kappa shape index (κ1) is 23.3. The highest BCUT2D eigenvalue weighted by Gasteiger charge is 2.26. The molecule has 11 heteroatoms. The van der Waals surface area contributed by atoms with Crippen LogP contribution in [0, 0.1) is 0 Å². The second-order valence-corrected chi connectivity index (χ2v) is 8.87. The fourth-order valence-corrected chi connectivity index (χ4v) is 4.78. The highest BCUT2D eigenvalue weighted by molar-refractivity contribution is 8.01. The topological polar surface area (TPSA) is 96.9 Å². The molecule has 0 unspecified atom stereocenters. The average Bonchev–Trinajstić information content (AvgIpc) is 3.27. The zero-order valence-corrected chi connectivity index (χ0v) is 19.3. The number of hydrogen-bond acceptors (Lipinski definition) is 9. The van der Waals surface area contributed by atoms with Crippen LogP contribution in [0.25, 0.3) is 0 Å². The van der Waals surface area contributed by atoms with E-state index >= 15 is 0 Å². The molecule has 1 aromatic carbocycles. The van der Waals surface area contributed by atoms with Crippen molar-refractivity contribution in [3.05, 3.63) is 29.8 Å². The molecule has 0 spiro atoms. The number of ether oxygens (including phenoxy) is 2. The van der Waals surface area contributed by atoms with Gasteiger partial charge in [0.1, 0.15) is 5.75 Å². The second-order valence-electron chi connectivity index (χ2n) is 6.69. The fraction of sp³-hybridized carbons (Fsp3) is 0.500. The molecule has 0 atom stereocenters. The zero-order valence-electron chi connectivity index (χ0n) is 17.7. The largest absolute Gasteiger partial charge is 0.493 e. The first-order chi connectivity index (χ1) is 15.1. The standard InChI is InChI=1S/C20H27N5O4S2/c1-3-29-16-7-5-4-6-15(16)18(27)24-9-11-25(12-10-24)19-22-23-20(31-19)30-14-17(26)21-8-13-28-2/h4-7H,3,8-14H2,1-2H3,(H,21,26). The molecule has 168 valence electrons. The molecule has 0 bridgehead atoms. The second kappa shape index (κ2) is 11.9. The Morgan fingerprint density at radius 3 is 2.71 bits per heavy atom. The lowest BCUT2D eigenvalue weighted by molar-refractivity contribution is -0.118. The Kier molecular flexibility index (Phi) is 8.92. The average molecular weight is 466 g/mol. The molecule has 2 heterocycles. The summed E-state index contributed by atoms with van der Waals surface area (Å²) in [7, 11) is 1.60. The van der Waals surface area contributed by atoms with Gasteiger partial charge in [0, 0.05) is 39.8 Å². The van der Waals surface area contributed by atoms with Crippen LogP contribution in [0.5, 0.6) is 5.75 Å². The summed E-state index contributed by atoms with van der Waals surface area (Å²) in [5.74, 6) is 0.837. The SMILES string of the molecule is CCOc1ccccc1C(=O)N1CCN(c2nnc(SCC(=O)NCCOC)s2)CC1. The molecule has 1 aromatic heterocycles. The lowest BCUT2D eigenvalue weighted by Gasteiger charge is -2.34. The number of methoxy groups -OCH3 is 1. The Labute approximate surface area is 190 Å². The van der Waals surface area contributed by atoms with Crippen molar-refractivity contribution in [2.75, 3.05) is 63.7 Å². The van der Waals surface area contributed by atoms with Gasteiger partial charge in [0.15, 0.2) is 4.34 Å². The lowest BCUT2D eigenvalue weighted by atomic mass is 10.1. The molecule has 1 aliphatic rings. The van der Waals surface area contributed by atoms with Crippen LogP contribution < -0.4 is 15.0 Å². The molecule has 1 N–H and O–H groups in total. The van der Waals surface area contributed by atoms with E-state index in [1.165, 1.54) is 23.1 Å². The van der Waals surface area contributed by atoms with E-state index in [0.717, 1.165) is 9.47 Å². The maximum atomic E-state index is 12.9. The molecule has 2 amide bonds. The minimum Gasteiger partial charge on any atom is -0.493 e. The maximum Gasteiger partial charge on any atom is 0.257 e.